The van der Waals surface area contributed by atoms with Gasteiger partial charge in [0.15, 0.2) is 11.5 Å². The molecule has 1 aliphatic carbocycles. The third kappa shape index (κ3) is 9.59. The third-order valence-electron chi connectivity index (χ3n) is 13.1. The predicted molar refractivity (Wildman–Crippen MR) is 257 cm³/mol. The van der Waals surface area contributed by atoms with Gasteiger partial charge in [0.1, 0.15) is 24.2 Å². The molecule has 0 bridgehead atoms. The van der Waals surface area contributed by atoms with E-state index in [2.05, 4.69) is 60.6 Å². The molecule has 1 saturated carbocycles. The molecule has 0 spiro atoms. The number of fused-ring (bicyclic) bond motifs is 2. The fourth-order valence-electron chi connectivity index (χ4n) is 9.39. The van der Waals surface area contributed by atoms with Crippen LogP contribution in [0, 0.1) is 29.6 Å². The summed E-state index contributed by atoms with van der Waals surface area (Å²) in [7, 11) is 5.70. The van der Waals surface area contributed by atoms with Gasteiger partial charge in [0.25, 0.3) is 11.5 Å². The molecule has 1 saturated heterocycles. The summed E-state index contributed by atoms with van der Waals surface area (Å²) in [6.07, 6.45) is 8.45. The summed E-state index contributed by atoms with van der Waals surface area (Å²) in [4.78, 5) is 32.9. The maximum absolute atomic E-state index is 13.2. The molecule has 16 nitrogen and oxygen atoms in total. The molecule has 3 aromatic carbocycles. The normalized spacial score (nSPS) is 17.4. The Morgan fingerprint density at radius 2 is 1.61 bits per heavy atom. The van der Waals surface area contributed by atoms with E-state index in [1.807, 2.05) is 50.5 Å². The zero-order valence-electron chi connectivity index (χ0n) is 38.0. The van der Waals surface area contributed by atoms with Crippen LogP contribution in [0.2, 0.25) is 5.02 Å². The lowest BCUT2D eigenvalue weighted by Crippen LogP contribution is -2.40. The molecular weight excluding hydrogens is 870 g/mol. The molecule has 0 radical (unpaired) electrons. The topological polar surface area (TPSA) is 180 Å². The first-order valence-corrected chi connectivity index (χ1v) is 23.0. The first-order chi connectivity index (χ1) is 32.5. The quantitative estimate of drug-likeness (QED) is 0.122. The molecule has 67 heavy (non-hydrogen) atoms. The Bertz CT molecular complexity index is 2960. The molecule has 3 aliphatic rings. The first-order valence-electron chi connectivity index (χ1n) is 22.7. The second-order valence-corrected chi connectivity index (χ2v) is 17.9. The number of amides is 1. The molecule has 3 aromatic heterocycles. The van der Waals surface area contributed by atoms with Crippen molar-refractivity contribution in [3.05, 3.63) is 111 Å². The smallest absolute Gasteiger partial charge is 0.272 e. The average Bonchev–Trinajstić information content (AvgIpc) is 3.78. The second-order valence-electron chi connectivity index (χ2n) is 17.5. The van der Waals surface area contributed by atoms with Gasteiger partial charge >= 0.3 is 0 Å². The lowest BCUT2D eigenvalue weighted by molar-refractivity contribution is 0.0202. The number of pyridine rings is 1. The predicted octanol–water partition coefficient (Wildman–Crippen LogP) is 7.21. The Balaban J connectivity index is 0.785. The van der Waals surface area contributed by atoms with Crippen molar-refractivity contribution in [3.63, 3.8) is 0 Å². The van der Waals surface area contributed by atoms with Crippen molar-refractivity contribution in [3.8, 4) is 34.8 Å². The number of nitrogens with one attached hydrogen (secondary N) is 1. The number of ether oxygens (including phenoxy) is 3. The minimum absolute atomic E-state index is 0.00870. The Labute approximate surface area is 393 Å². The monoisotopic (exact) mass is 921 g/mol. The van der Waals surface area contributed by atoms with E-state index in [0.29, 0.717) is 53.0 Å². The maximum atomic E-state index is 13.2. The summed E-state index contributed by atoms with van der Waals surface area (Å²) in [6.45, 7) is 5.40. The van der Waals surface area contributed by atoms with Crippen molar-refractivity contribution >= 4 is 51.3 Å². The highest BCUT2D eigenvalue weighted by atomic mass is 35.5. The maximum Gasteiger partial charge on any atom is 0.272 e. The van der Waals surface area contributed by atoms with Gasteiger partial charge in [-0.3, -0.25) is 14.3 Å². The Morgan fingerprint density at radius 1 is 0.821 bits per heavy atom. The number of hydrogen-bond acceptors (Lipinski definition) is 13. The van der Waals surface area contributed by atoms with Gasteiger partial charge in [-0.15, -0.1) is 10.2 Å². The number of anilines is 4. The van der Waals surface area contributed by atoms with Crippen LogP contribution < -0.4 is 35.0 Å². The fraction of sp³-hybridized carbons (Fsp3) is 0.380. The van der Waals surface area contributed by atoms with Gasteiger partial charge in [-0.25, -0.2) is 0 Å². The third-order valence-corrected chi connectivity index (χ3v) is 13.4. The van der Waals surface area contributed by atoms with Gasteiger partial charge in [0, 0.05) is 99.8 Å². The number of halogens is 1. The van der Waals surface area contributed by atoms with E-state index in [4.69, 9.17) is 31.1 Å². The van der Waals surface area contributed by atoms with Crippen LogP contribution in [0.3, 0.4) is 0 Å². The van der Waals surface area contributed by atoms with E-state index in [9.17, 15) is 14.9 Å². The van der Waals surface area contributed by atoms with Gasteiger partial charge < -0.3 is 38.8 Å². The molecule has 5 heterocycles. The Kier molecular flexibility index (Phi) is 13.0. The van der Waals surface area contributed by atoms with Crippen LogP contribution in [-0.2, 0) is 18.8 Å². The lowest BCUT2D eigenvalue weighted by Gasteiger charge is -2.38. The van der Waals surface area contributed by atoms with Gasteiger partial charge in [-0.1, -0.05) is 11.6 Å². The lowest BCUT2D eigenvalue weighted by atomic mass is 9.93. The van der Waals surface area contributed by atoms with E-state index >= 15 is 0 Å². The zero-order valence-corrected chi connectivity index (χ0v) is 38.8. The van der Waals surface area contributed by atoms with Crippen molar-refractivity contribution in [2.45, 2.75) is 63.7 Å². The van der Waals surface area contributed by atoms with Crippen LogP contribution in [0.5, 0.6) is 11.5 Å². The highest BCUT2D eigenvalue weighted by molar-refractivity contribution is 6.31. The van der Waals surface area contributed by atoms with Gasteiger partial charge in [0.05, 0.1) is 69.8 Å². The van der Waals surface area contributed by atoms with Crippen LogP contribution in [0.1, 0.15) is 65.7 Å². The molecule has 9 rings (SSSR count). The van der Waals surface area contributed by atoms with E-state index in [-0.39, 0.29) is 35.4 Å². The summed E-state index contributed by atoms with van der Waals surface area (Å²) < 4.78 is 22.2. The second kappa shape index (κ2) is 19.4. The molecule has 6 aromatic rings. The van der Waals surface area contributed by atoms with E-state index in [0.717, 1.165) is 103 Å². The number of hydrogen-bond donors (Lipinski definition) is 1. The molecule has 17 heteroatoms. The van der Waals surface area contributed by atoms with E-state index in [1.54, 1.807) is 46.8 Å². The summed E-state index contributed by atoms with van der Waals surface area (Å²) in [6, 6.07) is 23.0. The summed E-state index contributed by atoms with van der Waals surface area (Å²) in [5.41, 5.74) is 7.03. The summed E-state index contributed by atoms with van der Waals surface area (Å²) >= 11 is 6.17. The molecule has 2 aliphatic heterocycles. The van der Waals surface area contributed by atoms with E-state index < -0.39 is 0 Å². The van der Waals surface area contributed by atoms with Crippen LogP contribution in [0.15, 0.2) is 77.9 Å². The number of benzene rings is 3. The van der Waals surface area contributed by atoms with Crippen LogP contribution >= 0.6 is 11.6 Å². The molecule has 0 unspecified atom stereocenters. The largest absolute Gasteiger partial charge is 0.491 e. The molecule has 1 amide bonds. The number of piperidine rings is 1. The number of rotatable bonds is 12. The van der Waals surface area contributed by atoms with Crippen molar-refractivity contribution in [2.24, 2.45) is 14.1 Å². The molecule has 2 fully saturated rings. The number of carbonyl (C=O) groups is 1. The fourth-order valence-corrected chi connectivity index (χ4v) is 9.60. The standard InChI is InChI=1S/C50H52ClN11O5/c1-31-21-41-44(60(4)50(31)64)24-39(25-45(41)62-18-17-58(2)46-26-40(33(28-53)22-47(46)62)34-29-54-59(3)30-34)66-20-19-65-36-13-15-61(16-14-36)48-12-11-43(56-57-48)49(63)55-35-6-9-37(10-7-35)67-38-8-5-32(27-52)42(51)23-38/h5,8,11-12,21-26,29-30,35-37H,6-7,9-10,13-20H2,1-4H3,(H,55,63). The summed E-state index contributed by atoms with van der Waals surface area (Å²) in [5.74, 6) is 1.73. The number of nitriles is 2. The molecule has 1 N–H and O–H groups in total. The van der Waals surface area contributed by atoms with Crippen molar-refractivity contribution in [2.75, 3.05) is 61.1 Å². The van der Waals surface area contributed by atoms with Gasteiger partial charge in [-0.05, 0) is 87.9 Å². The minimum atomic E-state index is -0.245. The number of nitrogens with zero attached hydrogens (tertiary/aromatic N) is 10. The van der Waals surface area contributed by atoms with Crippen molar-refractivity contribution in [1.82, 2.24) is 29.9 Å². The first kappa shape index (κ1) is 45.0. The Morgan fingerprint density at radius 3 is 2.31 bits per heavy atom. The van der Waals surface area contributed by atoms with Crippen molar-refractivity contribution in [1.29, 1.82) is 10.5 Å². The van der Waals surface area contributed by atoms with Crippen LogP contribution in [0.25, 0.3) is 22.0 Å². The molecule has 344 valence electrons. The average molecular weight is 922 g/mol. The molecule has 0 atom stereocenters. The number of likely N-dealkylation sites (N-methyl/N-ethyl adjacent to an activating group) is 1. The number of aryl methyl sites for hydroxylation is 3. The van der Waals surface area contributed by atoms with Crippen LogP contribution in [0.4, 0.5) is 22.9 Å². The Hall–Kier alpha value is -7.14. The highest BCUT2D eigenvalue weighted by Gasteiger charge is 2.29. The minimum Gasteiger partial charge on any atom is -0.491 e. The van der Waals surface area contributed by atoms with Gasteiger partial charge in [0.2, 0.25) is 0 Å². The van der Waals surface area contributed by atoms with Crippen molar-refractivity contribution < 1.29 is 19.0 Å². The van der Waals surface area contributed by atoms with Crippen LogP contribution in [-0.4, -0.2) is 95.1 Å². The number of aromatic nitrogens is 5. The highest BCUT2D eigenvalue weighted by Crippen LogP contribution is 2.44. The van der Waals surface area contributed by atoms with E-state index in [1.165, 1.54) is 0 Å². The SMILES string of the molecule is Cc1cc2c(N3CCN(C)c4cc(-c5cnn(C)c5)c(C#N)cc43)cc(OCCOC3CCN(c4ccc(C(=O)NC5CCC(Oc6ccc(C#N)c(Cl)c6)CC5)nn4)CC3)cc2n(C)c1=O. The zero-order chi connectivity index (χ0) is 46.8. The number of carbonyl (C=O) groups excluding carboxylic acids is 1. The molecular formula is C50H52ClN11O5. The summed E-state index contributed by atoms with van der Waals surface area (Å²) in [5, 5.41) is 36.9. The van der Waals surface area contributed by atoms with Gasteiger partial charge in [-0.2, -0.15) is 15.6 Å².